The summed E-state index contributed by atoms with van der Waals surface area (Å²) < 4.78 is 5.52. The quantitative estimate of drug-likeness (QED) is 0.871. The van der Waals surface area contributed by atoms with Crippen molar-refractivity contribution in [3.63, 3.8) is 0 Å². The van der Waals surface area contributed by atoms with Gasteiger partial charge in [0, 0.05) is 23.1 Å². The third-order valence-electron chi connectivity index (χ3n) is 2.24. The van der Waals surface area contributed by atoms with Gasteiger partial charge >= 0.3 is 0 Å². The van der Waals surface area contributed by atoms with Crippen LogP contribution >= 0.6 is 11.8 Å². The lowest BCUT2D eigenvalue weighted by molar-refractivity contribution is -0.118. The molecule has 0 radical (unpaired) electrons. The molecule has 0 saturated heterocycles. The minimum atomic E-state index is 0.0335. The Bertz CT molecular complexity index is 416. The van der Waals surface area contributed by atoms with Gasteiger partial charge < -0.3 is 10.1 Å². The molecule has 0 aliphatic rings. The molecule has 19 heavy (non-hydrogen) atoms. The van der Waals surface area contributed by atoms with Gasteiger partial charge in [0.1, 0.15) is 0 Å². The highest BCUT2D eigenvalue weighted by Gasteiger charge is 2.13. The van der Waals surface area contributed by atoms with Crippen molar-refractivity contribution >= 4 is 17.7 Å². The van der Waals surface area contributed by atoms with Crippen LogP contribution in [-0.4, -0.2) is 28.0 Å². The normalized spacial score (nSPS) is 11.2. The summed E-state index contributed by atoms with van der Waals surface area (Å²) in [6.07, 6.45) is 1.69. The maximum Gasteiger partial charge on any atom is 0.230 e. The van der Waals surface area contributed by atoms with Crippen LogP contribution in [-0.2, 0) is 11.3 Å². The number of hydrogen-bond acceptors (Lipinski definition) is 4. The number of rotatable bonds is 6. The van der Waals surface area contributed by atoms with Crippen LogP contribution in [0.2, 0.25) is 0 Å². The van der Waals surface area contributed by atoms with E-state index in [-0.39, 0.29) is 10.7 Å². The molecular formula is C14H22N2O2S. The summed E-state index contributed by atoms with van der Waals surface area (Å²) in [6, 6.07) is 3.75. The number of aromatic nitrogens is 1. The zero-order valence-corrected chi connectivity index (χ0v) is 12.8. The molecule has 1 aromatic heterocycles. The summed E-state index contributed by atoms with van der Waals surface area (Å²) >= 11 is 1.63. The van der Waals surface area contributed by atoms with E-state index in [0.717, 1.165) is 5.56 Å². The molecule has 0 fully saturated rings. The first-order valence-corrected chi connectivity index (χ1v) is 7.38. The van der Waals surface area contributed by atoms with Crippen molar-refractivity contribution in [2.75, 3.05) is 12.4 Å². The van der Waals surface area contributed by atoms with Gasteiger partial charge in [-0.15, -0.1) is 11.8 Å². The Morgan fingerprint density at radius 1 is 1.47 bits per heavy atom. The van der Waals surface area contributed by atoms with Crippen LogP contribution in [0.25, 0.3) is 0 Å². The zero-order valence-electron chi connectivity index (χ0n) is 12.0. The van der Waals surface area contributed by atoms with Crippen LogP contribution in [0.15, 0.2) is 18.3 Å². The first-order chi connectivity index (χ1) is 8.92. The van der Waals surface area contributed by atoms with Gasteiger partial charge in [0.2, 0.25) is 11.8 Å². The largest absolute Gasteiger partial charge is 0.478 e. The molecule has 1 N–H and O–H groups in total. The monoisotopic (exact) mass is 282 g/mol. The predicted octanol–water partition coefficient (Wildman–Crippen LogP) is 2.63. The van der Waals surface area contributed by atoms with Gasteiger partial charge in [-0.2, -0.15) is 0 Å². The molecule has 4 nitrogen and oxygen atoms in total. The average Bonchev–Trinajstić information content (AvgIpc) is 2.35. The van der Waals surface area contributed by atoms with E-state index < -0.39 is 0 Å². The highest BCUT2D eigenvalue weighted by molar-refractivity contribution is 8.01. The number of hydrogen-bond donors (Lipinski definition) is 1. The van der Waals surface area contributed by atoms with E-state index in [4.69, 9.17) is 4.74 Å². The molecule has 0 unspecified atom stereocenters. The number of thioether (sulfide) groups is 1. The highest BCUT2D eigenvalue weighted by atomic mass is 32.2. The van der Waals surface area contributed by atoms with E-state index in [1.807, 2.05) is 19.1 Å². The van der Waals surface area contributed by atoms with Gasteiger partial charge in [0.15, 0.2) is 0 Å². The standard InChI is InChI=1S/C14H22N2O2S/c1-5-18-13-11(7-6-8-15-13)9-16-12(17)10-19-14(2,3)4/h6-8H,5,9-10H2,1-4H3,(H,16,17). The van der Waals surface area contributed by atoms with E-state index in [2.05, 4.69) is 31.1 Å². The second-order valence-electron chi connectivity index (χ2n) is 5.08. The molecule has 0 aliphatic carbocycles. The van der Waals surface area contributed by atoms with Crippen molar-refractivity contribution < 1.29 is 9.53 Å². The molecule has 0 aliphatic heterocycles. The van der Waals surface area contributed by atoms with Crippen molar-refractivity contribution in [2.24, 2.45) is 0 Å². The highest BCUT2D eigenvalue weighted by Crippen LogP contribution is 2.22. The topological polar surface area (TPSA) is 51.2 Å². The Labute approximate surface area is 119 Å². The zero-order chi connectivity index (χ0) is 14.3. The molecule has 0 aromatic carbocycles. The lowest BCUT2D eigenvalue weighted by Gasteiger charge is -2.17. The maximum atomic E-state index is 11.7. The van der Waals surface area contributed by atoms with Gasteiger partial charge in [-0.3, -0.25) is 4.79 Å². The Morgan fingerprint density at radius 2 is 2.21 bits per heavy atom. The first-order valence-electron chi connectivity index (χ1n) is 6.39. The van der Waals surface area contributed by atoms with Crippen LogP contribution in [0.3, 0.4) is 0 Å². The minimum Gasteiger partial charge on any atom is -0.478 e. The molecule has 1 rings (SSSR count). The van der Waals surface area contributed by atoms with Crippen LogP contribution in [0.1, 0.15) is 33.3 Å². The fourth-order valence-electron chi connectivity index (χ4n) is 1.35. The molecule has 1 aromatic rings. The summed E-state index contributed by atoms with van der Waals surface area (Å²) in [6.45, 7) is 9.22. The van der Waals surface area contributed by atoms with E-state index in [1.54, 1.807) is 18.0 Å². The maximum absolute atomic E-state index is 11.7. The Morgan fingerprint density at radius 3 is 2.84 bits per heavy atom. The van der Waals surface area contributed by atoms with Crippen LogP contribution in [0, 0.1) is 0 Å². The van der Waals surface area contributed by atoms with Gasteiger partial charge in [0.05, 0.1) is 12.4 Å². The minimum absolute atomic E-state index is 0.0335. The van der Waals surface area contributed by atoms with Gasteiger partial charge in [0.25, 0.3) is 0 Å². The van der Waals surface area contributed by atoms with Crippen molar-refractivity contribution in [1.29, 1.82) is 0 Å². The molecule has 5 heteroatoms. The fraction of sp³-hybridized carbons (Fsp3) is 0.571. The third-order valence-corrected chi connectivity index (χ3v) is 3.52. The Balaban J connectivity index is 2.46. The van der Waals surface area contributed by atoms with Crippen LogP contribution in [0.4, 0.5) is 0 Å². The fourth-order valence-corrected chi connectivity index (χ4v) is 2.02. The van der Waals surface area contributed by atoms with E-state index in [0.29, 0.717) is 24.8 Å². The second kappa shape index (κ2) is 7.38. The second-order valence-corrected chi connectivity index (χ2v) is 6.88. The lowest BCUT2D eigenvalue weighted by Crippen LogP contribution is -2.26. The van der Waals surface area contributed by atoms with Crippen LogP contribution in [0.5, 0.6) is 5.88 Å². The number of carbonyl (C=O) groups is 1. The van der Waals surface area contributed by atoms with Crippen LogP contribution < -0.4 is 10.1 Å². The SMILES string of the molecule is CCOc1ncccc1CNC(=O)CSC(C)(C)C. The molecule has 0 bridgehead atoms. The van der Waals surface area contributed by atoms with E-state index in [1.165, 1.54) is 0 Å². The van der Waals surface area contributed by atoms with E-state index in [9.17, 15) is 4.79 Å². The van der Waals surface area contributed by atoms with Crippen molar-refractivity contribution in [2.45, 2.75) is 39.0 Å². The number of carbonyl (C=O) groups excluding carboxylic acids is 1. The van der Waals surface area contributed by atoms with Gasteiger partial charge in [-0.25, -0.2) is 4.98 Å². The van der Waals surface area contributed by atoms with Crippen molar-refractivity contribution in [3.8, 4) is 5.88 Å². The number of nitrogens with one attached hydrogen (secondary N) is 1. The number of ether oxygens (including phenoxy) is 1. The lowest BCUT2D eigenvalue weighted by atomic mass is 10.2. The third kappa shape index (κ3) is 6.47. The summed E-state index contributed by atoms with van der Waals surface area (Å²) in [5.74, 6) is 1.09. The van der Waals surface area contributed by atoms with Crippen molar-refractivity contribution in [3.05, 3.63) is 23.9 Å². The molecule has 0 atom stereocenters. The molecule has 0 spiro atoms. The summed E-state index contributed by atoms with van der Waals surface area (Å²) in [4.78, 5) is 15.9. The predicted molar refractivity (Wildman–Crippen MR) is 79.5 cm³/mol. The molecule has 1 amide bonds. The molecular weight excluding hydrogens is 260 g/mol. The van der Waals surface area contributed by atoms with Gasteiger partial charge in [-0.1, -0.05) is 26.8 Å². The summed E-state index contributed by atoms with van der Waals surface area (Å²) in [5, 5.41) is 2.89. The van der Waals surface area contributed by atoms with E-state index >= 15 is 0 Å². The number of amides is 1. The Hall–Kier alpha value is -1.23. The summed E-state index contributed by atoms with van der Waals surface area (Å²) in [5.41, 5.74) is 0.901. The number of pyridine rings is 1. The molecule has 0 saturated carbocycles. The first kappa shape index (κ1) is 15.8. The average molecular weight is 282 g/mol. The van der Waals surface area contributed by atoms with Gasteiger partial charge in [-0.05, 0) is 13.0 Å². The molecule has 106 valence electrons. The smallest absolute Gasteiger partial charge is 0.230 e. The number of nitrogens with zero attached hydrogens (tertiary/aromatic N) is 1. The Kier molecular flexibility index (Phi) is 6.15. The van der Waals surface area contributed by atoms with Crippen molar-refractivity contribution in [1.82, 2.24) is 10.3 Å². The summed E-state index contributed by atoms with van der Waals surface area (Å²) in [7, 11) is 0. The molecule has 1 heterocycles.